The summed E-state index contributed by atoms with van der Waals surface area (Å²) in [6.45, 7) is 4.29. The number of carbonyl (C=O) groups excluding carboxylic acids is 1. The van der Waals surface area contributed by atoms with Crippen LogP contribution in [0.15, 0.2) is 36.4 Å². The predicted molar refractivity (Wildman–Crippen MR) is 90.5 cm³/mol. The zero-order chi connectivity index (χ0) is 17.0. The Kier molecular flexibility index (Phi) is 5.59. The zero-order valence-corrected chi connectivity index (χ0v) is 14.3. The average Bonchev–Trinajstić information content (AvgIpc) is 2.57. The monoisotopic (exact) mass is 347 g/mol. The first kappa shape index (κ1) is 17.3. The first-order valence-electron chi connectivity index (χ1n) is 7.11. The molecule has 0 spiro atoms. The van der Waals surface area contributed by atoms with E-state index >= 15 is 0 Å². The molecule has 0 aliphatic carbocycles. The van der Waals surface area contributed by atoms with Gasteiger partial charge in [0.1, 0.15) is 10.8 Å². The lowest BCUT2D eigenvalue weighted by molar-refractivity contribution is 0.0696. The Hall–Kier alpha value is -2.09. The first-order chi connectivity index (χ1) is 11.0. The van der Waals surface area contributed by atoms with Gasteiger partial charge in [-0.1, -0.05) is 35.3 Å². The molecule has 1 atom stereocenters. The lowest BCUT2D eigenvalue weighted by Gasteiger charge is -2.28. The number of hydrogen-bond acceptors (Lipinski definition) is 3. The van der Waals surface area contributed by atoms with Crippen LogP contribution in [0.3, 0.4) is 0 Å². The Bertz CT molecular complexity index is 753. The molecule has 0 bridgehead atoms. The van der Waals surface area contributed by atoms with Crippen LogP contribution in [0, 0.1) is 11.3 Å². The van der Waals surface area contributed by atoms with Crippen molar-refractivity contribution >= 4 is 29.1 Å². The Morgan fingerprint density at radius 3 is 2.48 bits per heavy atom. The molecular formula is C17H15Cl2N3O. The van der Waals surface area contributed by atoms with Crippen LogP contribution in [0.4, 0.5) is 0 Å². The van der Waals surface area contributed by atoms with Crippen LogP contribution in [0.25, 0.3) is 0 Å². The molecule has 1 unspecified atom stereocenters. The zero-order valence-electron chi connectivity index (χ0n) is 12.8. The van der Waals surface area contributed by atoms with Crippen molar-refractivity contribution in [2.75, 3.05) is 6.54 Å². The van der Waals surface area contributed by atoms with E-state index in [2.05, 4.69) is 11.1 Å². The fraction of sp³-hybridized carbons (Fsp3) is 0.235. The Labute approximate surface area is 145 Å². The quantitative estimate of drug-likeness (QED) is 0.766. The number of amides is 1. The molecule has 1 aromatic heterocycles. The van der Waals surface area contributed by atoms with Gasteiger partial charge in [0.25, 0.3) is 5.91 Å². The number of carbonyl (C=O) groups is 1. The van der Waals surface area contributed by atoms with Crippen LogP contribution in [0.2, 0.25) is 10.2 Å². The Morgan fingerprint density at radius 2 is 1.91 bits per heavy atom. The number of benzene rings is 1. The third-order valence-corrected chi connectivity index (χ3v) is 4.12. The summed E-state index contributed by atoms with van der Waals surface area (Å²) in [7, 11) is 0. The molecule has 2 aromatic rings. The third kappa shape index (κ3) is 3.82. The summed E-state index contributed by atoms with van der Waals surface area (Å²) >= 11 is 11.9. The van der Waals surface area contributed by atoms with Crippen LogP contribution in [0.1, 0.15) is 41.5 Å². The highest BCUT2D eigenvalue weighted by Crippen LogP contribution is 2.25. The lowest BCUT2D eigenvalue weighted by Crippen LogP contribution is -2.34. The second-order valence-corrected chi connectivity index (χ2v) is 5.76. The molecule has 118 valence electrons. The Morgan fingerprint density at radius 1 is 1.26 bits per heavy atom. The highest BCUT2D eigenvalue weighted by atomic mass is 35.5. The van der Waals surface area contributed by atoms with Crippen LogP contribution >= 0.6 is 23.2 Å². The second-order valence-electron chi connectivity index (χ2n) is 4.97. The maximum atomic E-state index is 12.8. The van der Waals surface area contributed by atoms with Gasteiger partial charge < -0.3 is 4.90 Å². The minimum absolute atomic E-state index is 0.140. The lowest BCUT2D eigenvalue weighted by atomic mass is 10.0. The molecule has 23 heavy (non-hydrogen) atoms. The summed E-state index contributed by atoms with van der Waals surface area (Å²) in [5, 5.41) is 9.36. The molecule has 0 aliphatic heterocycles. The van der Waals surface area contributed by atoms with E-state index in [0.29, 0.717) is 12.1 Å². The summed E-state index contributed by atoms with van der Waals surface area (Å²) in [6, 6.07) is 12.1. The molecule has 0 fully saturated rings. The highest BCUT2D eigenvalue weighted by Gasteiger charge is 2.24. The van der Waals surface area contributed by atoms with Crippen LogP contribution < -0.4 is 0 Å². The van der Waals surface area contributed by atoms with Gasteiger partial charge in [-0.15, -0.1) is 0 Å². The van der Waals surface area contributed by atoms with E-state index < -0.39 is 0 Å². The number of halogens is 2. The topological polar surface area (TPSA) is 57.0 Å². The number of hydrogen-bond donors (Lipinski definition) is 0. The van der Waals surface area contributed by atoms with Crippen molar-refractivity contribution in [3.8, 4) is 6.07 Å². The van der Waals surface area contributed by atoms with E-state index in [9.17, 15) is 4.79 Å². The van der Waals surface area contributed by atoms with E-state index in [-0.39, 0.29) is 27.8 Å². The van der Waals surface area contributed by atoms with Crippen molar-refractivity contribution in [3.05, 3.63) is 63.4 Å². The van der Waals surface area contributed by atoms with E-state index in [1.807, 2.05) is 26.0 Å². The van der Waals surface area contributed by atoms with Gasteiger partial charge in [0.2, 0.25) is 0 Å². The molecule has 1 amide bonds. The van der Waals surface area contributed by atoms with Crippen LogP contribution in [0.5, 0.6) is 0 Å². The maximum absolute atomic E-state index is 12.8. The highest BCUT2D eigenvalue weighted by molar-refractivity contribution is 6.34. The molecule has 4 nitrogen and oxygen atoms in total. The normalized spacial score (nSPS) is 11.6. The van der Waals surface area contributed by atoms with Crippen molar-refractivity contribution in [1.82, 2.24) is 9.88 Å². The standard InChI is InChI=1S/C17H15Cl2N3O/c1-3-22(11(2)13-6-4-12(10-20)5-7-13)17(23)16-14(18)8-9-15(19)21-16/h4-9,11H,3H2,1-2H3. The van der Waals surface area contributed by atoms with Gasteiger partial charge in [-0.25, -0.2) is 4.98 Å². The SMILES string of the molecule is CCN(C(=O)c1nc(Cl)ccc1Cl)C(C)c1ccc(C#N)cc1. The number of rotatable bonds is 4. The average molecular weight is 348 g/mol. The molecule has 0 radical (unpaired) electrons. The van der Waals surface area contributed by atoms with E-state index in [1.54, 1.807) is 29.2 Å². The van der Waals surface area contributed by atoms with Crippen molar-refractivity contribution < 1.29 is 4.79 Å². The van der Waals surface area contributed by atoms with Gasteiger partial charge in [0.15, 0.2) is 0 Å². The fourth-order valence-electron chi connectivity index (χ4n) is 2.31. The number of nitrogens with zero attached hydrogens (tertiary/aromatic N) is 3. The van der Waals surface area contributed by atoms with Gasteiger partial charge in [0, 0.05) is 6.54 Å². The van der Waals surface area contributed by atoms with E-state index in [1.165, 1.54) is 0 Å². The predicted octanol–water partition coefficient (Wildman–Crippen LogP) is 4.48. The van der Waals surface area contributed by atoms with Gasteiger partial charge in [0.05, 0.1) is 22.7 Å². The Balaban J connectivity index is 2.32. The molecule has 0 saturated carbocycles. The van der Waals surface area contributed by atoms with Gasteiger partial charge in [-0.2, -0.15) is 5.26 Å². The number of aromatic nitrogens is 1. The molecular weight excluding hydrogens is 333 g/mol. The molecule has 2 rings (SSSR count). The fourth-order valence-corrected chi connectivity index (χ4v) is 2.65. The smallest absolute Gasteiger partial charge is 0.274 e. The summed E-state index contributed by atoms with van der Waals surface area (Å²) in [4.78, 5) is 18.5. The summed E-state index contributed by atoms with van der Waals surface area (Å²) < 4.78 is 0. The van der Waals surface area contributed by atoms with Crippen molar-refractivity contribution in [2.24, 2.45) is 0 Å². The van der Waals surface area contributed by atoms with Crippen molar-refractivity contribution in [1.29, 1.82) is 5.26 Å². The van der Waals surface area contributed by atoms with Gasteiger partial charge >= 0.3 is 0 Å². The molecule has 0 aliphatic rings. The van der Waals surface area contributed by atoms with E-state index in [4.69, 9.17) is 28.5 Å². The van der Waals surface area contributed by atoms with Crippen molar-refractivity contribution in [3.63, 3.8) is 0 Å². The van der Waals surface area contributed by atoms with E-state index in [0.717, 1.165) is 5.56 Å². The molecule has 6 heteroatoms. The largest absolute Gasteiger partial charge is 0.331 e. The van der Waals surface area contributed by atoms with Crippen LogP contribution in [-0.4, -0.2) is 22.3 Å². The third-order valence-electron chi connectivity index (χ3n) is 3.61. The van der Waals surface area contributed by atoms with Crippen LogP contribution in [-0.2, 0) is 0 Å². The minimum Gasteiger partial charge on any atom is -0.331 e. The number of nitriles is 1. The molecule has 1 heterocycles. The van der Waals surface area contributed by atoms with Gasteiger partial charge in [-0.3, -0.25) is 4.79 Å². The second kappa shape index (κ2) is 7.45. The summed E-state index contributed by atoms with van der Waals surface area (Å²) in [5.41, 5.74) is 1.65. The first-order valence-corrected chi connectivity index (χ1v) is 7.86. The molecule has 0 N–H and O–H groups in total. The number of pyridine rings is 1. The maximum Gasteiger partial charge on any atom is 0.274 e. The molecule has 0 saturated heterocycles. The summed E-state index contributed by atoms with van der Waals surface area (Å²) in [5.74, 6) is -0.281. The minimum atomic E-state index is -0.281. The summed E-state index contributed by atoms with van der Waals surface area (Å²) in [6.07, 6.45) is 0. The molecule has 1 aromatic carbocycles. The van der Waals surface area contributed by atoms with Crippen molar-refractivity contribution in [2.45, 2.75) is 19.9 Å². The van der Waals surface area contributed by atoms with Gasteiger partial charge in [-0.05, 0) is 43.7 Å².